The standard InChI is InChI=1S/C13H17FN4O/c1-13(2,3)16-7-6-11-17-18-12(19-11)10-5-4-9(14)8-15-10/h4-5,8,16H,6-7H2,1-3H3. The molecule has 2 aromatic heterocycles. The lowest BCUT2D eigenvalue weighted by Gasteiger charge is -2.19. The van der Waals surface area contributed by atoms with Gasteiger partial charge in [-0.2, -0.15) is 0 Å². The molecule has 102 valence electrons. The average molecular weight is 264 g/mol. The maximum atomic E-state index is 12.7. The molecule has 0 aromatic carbocycles. The van der Waals surface area contributed by atoms with Crippen LogP contribution in [0.5, 0.6) is 0 Å². The molecule has 0 amide bonds. The zero-order valence-electron chi connectivity index (χ0n) is 11.3. The maximum Gasteiger partial charge on any atom is 0.266 e. The summed E-state index contributed by atoms with van der Waals surface area (Å²) in [5.41, 5.74) is 0.533. The first kappa shape index (κ1) is 13.6. The fraction of sp³-hybridized carbons (Fsp3) is 0.462. The van der Waals surface area contributed by atoms with Crippen molar-refractivity contribution >= 4 is 0 Å². The van der Waals surface area contributed by atoms with E-state index in [1.54, 1.807) is 0 Å². The van der Waals surface area contributed by atoms with Crippen LogP contribution >= 0.6 is 0 Å². The molecule has 0 atom stereocenters. The summed E-state index contributed by atoms with van der Waals surface area (Å²) in [6.07, 6.45) is 1.77. The molecular formula is C13H17FN4O. The van der Waals surface area contributed by atoms with Gasteiger partial charge in [0, 0.05) is 18.5 Å². The third-order valence-electron chi connectivity index (χ3n) is 2.41. The lowest BCUT2D eigenvalue weighted by atomic mass is 10.1. The van der Waals surface area contributed by atoms with Crippen molar-refractivity contribution in [1.29, 1.82) is 0 Å². The Hall–Kier alpha value is -1.82. The highest BCUT2D eigenvalue weighted by molar-refractivity contribution is 5.45. The molecule has 6 heteroatoms. The molecule has 0 bridgehead atoms. The predicted molar refractivity (Wildman–Crippen MR) is 68.9 cm³/mol. The SMILES string of the molecule is CC(C)(C)NCCc1nnc(-c2ccc(F)cn2)o1. The van der Waals surface area contributed by atoms with Crippen molar-refractivity contribution in [3.63, 3.8) is 0 Å². The molecule has 0 radical (unpaired) electrons. The summed E-state index contributed by atoms with van der Waals surface area (Å²) in [5, 5.41) is 11.2. The number of hydrogen-bond donors (Lipinski definition) is 1. The fourth-order valence-corrected chi connectivity index (χ4v) is 1.50. The lowest BCUT2D eigenvalue weighted by molar-refractivity contribution is 0.411. The summed E-state index contributed by atoms with van der Waals surface area (Å²) in [6.45, 7) is 7.03. The number of rotatable bonds is 4. The molecule has 1 N–H and O–H groups in total. The Morgan fingerprint density at radius 3 is 2.68 bits per heavy atom. The van der Waals surface area contributed by atoms with Gasteiger partial charge < -0.3 is 9.73 Å². The minimum absolute atomic E-state index is 0.0569. The average Bonchev–Trinajstić information content (AvgIpc) is 2.77. The summed E-state index contributed by atoms with van der Waals surface area (Å²) in [6, 6.07) is 2.83. The van der Waals surface area contributed by atoms with Gasteiger partial charge in [-0.1, -0.05) is 0 Å². The molecule has 0 aliphatic heterocycles. The van der Waals surface area contributed by atoms with Crippen LogP contribution in [0.2, 0.25) is 0 Å². The Kier molecular flexibility index (Phi) is 3.90. The van der Waals surface area contributed by atoms with Gasteiger partial charge in [0.05, 0.1) is 6.20 Å². The van der Waals surface area contributed by atoms with E-state index in [1.165, 1.54) is 12.1 Å². The number of halogens is 1. The number of pyridine rings is 1. The second-order valence-corrected chi connectivity index (χ2v) is 5.29. The van der Waals surface area contributed by atoms with Crippen LogP contribution in [0.1, 0.15) is 26.7 Å². The second-order valence-electron chi connectivity index (χ2n) is 5.29. The topological polar surface area (TPSA) is 63.8 Å². The van der Waals surface area contributed by atoms with Crippen molar-refractivity contribution in [2.24, 2.45) is 0 Å². The highest BCUT2D eigenvalue weighted by atomic mass is 19.1. The van der Waals surface area contributed by atoms with E-state index in [1.807, 2.05) is 0 Å². The van der Waals surface area contributed by atoms with Gasteiger partial charge in [-0.25, -0.2) is 9.37 Å². The third kappa shape index (κ3) is 4.10. The first-order valence-corrected chi connectivity index (χ1v) is 6.13. The Labute approximate surface area is 111 Å². The zero-order valence-corrected chi connectivity index (χ0v) is 11.3. The van der Waals surface area contributed by atoms with Gasteiger partial charge in [0.25, 0.3) is 5.89 Å². The van der Waals surface area contributed by atoms with Gasteiger partial charge in [0.15, 0.2) is 0 Å². The fourth-order valence-electron chi connectivity index (χ4n) is 1.50. The Balaban J connectivity index is 1.97. The monoisotopic (exact) mass is 264 g/mol. The molecule has 0 spiro atoms. The molecule has 0 aliphatic carbocycles. The molecule has 0 saturated carbocycles. The summed E-state index contributed by atoms with van der Waals surface area (Å²) in [7, 11) is 0. The molecule has 0 fully saturated rings. The van der Waals surface area contributed by atoms with Crippen molar-refractivity contribution in [2.75, 3.05) is 6.54 Å². The Bertz CT molecular complexity index is 530. The van der Waals surface area contributed by atoms with Crippen LogP contribution in [0.4, 0.5) is 4.39 Å². The molecule has 19 heavy (non-hydrogen) atoms. The van der Waals surface area contributed by atoms with Gasteiger partial charge in [0.1, 0.15) is 11.5 Å². The summed E-state index contributed by atoms with van der Waals surface area (Å²) >= 11 is 0. The van der Waals surface area contributed by atoms with Crippen molar-refractivity contribution in [1.82, 2.24) is 20.5 Å². The van der Waals surface area contributed by atoms with Crippen LogP contribution in [0, 0.1) is 5.82 Å². The number of hydrogen-bond acceptors (Lipinski definition) is 5. The number of nitrogens with zero attached hydrogens (tertiary/aromatic N) is 3. The van der Waals surface area contributed by atoms with Crippen molar-refractivity contribution in [3.05, 3.63) is 30.0 Å². The predicted octanol–water partition coefficient (Wildman–Crippen LogP) is 2.20. The van der Waals surface area contributed by atoms with Crippen LogP contribution in [-0.4, -0.2) is 27.3 Å². The second kappa shape index (κ2) is 5.44. The molecule has 2 aromatic rings. The van der Waals surface area contributed by atoms with E-state index in [0.717, 1.165) is 12.7 Å². The van der Waals surface area contributed by atoms with Gasteiger partial charge in [-0.05, 0) is 32.9 Å². The zero-order chi connectivity index (χ0) is 13.9. The summed E-state index contributed by atoms with van der Waals surface area (Å²) in [4.78, 5) is 3.89. The molecular weight excluding hydrogens is 247 g/mol. The first-order valence-electron chi connectivity index (χ1n) is 6.13. The van der Waals surface area contributed by atoms with E-state index in [9.17, 15) is 4.39 Å². The third-order valence-corrected chi connectivity index (χ3v) is 2.41. The Morgan fingerprint density at radius 2 is 2.05 bits per heavy atom. The first-order chi connectivity index (χ1) is 8.94. The smallest absolute Gasteiger partial charge is 0.266 e. The van der Waals surface area contributed by atoms with E-state index in [2.05, 4.69) is 41.3 Å². The van der Waals surface area contributed by atoms with E-state index < -0.39 is 5.82 Å². The molecule has 0 aliphatic rings. The normalized spacial score (nSPS) is 11.8. The molecule has 5 nitrogen and oxygen atoms in total. The van der Waals surface area contributed by atoms with Crippen LogP contribution in [0.15, 0.2) is 22.7 Å². The van der Waals surface area contributed by atoms with Gasteiger partial charge >= 0.3 is 0 Å². The summed E-state index contributed by atoms with van der Waals surface area (Å²) < 4.78 is 18.2. The molecule has 0 unspecified atom stereocenters. The molecule has 2 heterocycles. The van der Waals surface area contributed by atoms with Crippen LogP contribution in [0.25, 0.3) is 11.6 Å². The highest BCUT2D eigenvalue weighted by Gasteiger charge is 2.12. The van der Waals surface area contributed by atoms with Crippen molar-refractivity contribution in [3.8, 4) is 11.6 Å². The van der Waals surface area contributed by atoms with Crippen LogP contribution in [0.3, 0.4) is 0 Å². The minimum atomic E-state index is -0.391. The molecule has 2 rings (SSSR count). The Morgan fingerprint density at radius 1 is 1.26 bits per heavy atom. The van der Waals surface area contributed by atoms with Gasteiger partial charge in [-0.15, -0.1) is 10.2 Å². The van der Waals surface area contributed by atoms with E-state index in [4.69, 9.17) is 4.42 Å². The van der Waals surface area contributed by atoms with Crippen LogP contribution < -0.4 is 5.32 Å². The van der Waals surface area contributed by atoms with E-state index >= 15 is 0 Å². The number of aromatic nitrogens is 3. The molecule has 0 saturated heterocycles. The van der Waals surface area contributed by atoms with E-state index in [0.29, 0.717) is 23.9 Å². The van der Waals surface area contributed by atoms with Crippen LogP contribution in [-0.2, 0) is 6.42 Å². The summed E-state index contributed by atoms with van der Waals surface area (Å²) in [5.74, 6) is 0.460. The maximum absolute atomic E-state index is 12.7. The van der Waals surface area contributed by atoms with E-state index in [-0.39, 0.29) is 5.54 Å². The van der Waals surface area contributed by atoms with Gasteiger partial charge in [0.2, 0.25) is 5.89 Å². The largest absolute Gasteiger partial charge is 0.419 e. The van der Waals surface area contributed by atoms with Gasteiger partial charge in [-0.3, -0.25) is 0 Å². The van der Waals surface area contributed by atoms with Crippen molar-refractivity contribution in [2.45, 2.75) is 32.7 Å². The number of nitrogens with one attached hydrogen (secondary N) is 1. The minimum Gasteiger partial charge on any atom is -0.419 e. The quantitative estimate of drug-likeness (QED) is 0.917. The highest BCUT2D eigenvalue weighted by Crippen LogP contribution is 2.15. The lowest BCUT2D eigenvalue weighted by Crippen LogP contribution is -2.37. The van der Waals surface area contributed by atoms with Crippen molar-refractivity contribution < 1.29 is 8.81 Å².